The number of H-pyrrole nitrogens is 1. The van der Waals surface area contributed by atoms with Crippen LogP contribution in [0.3, 0.4) is 0 Å². The highest BCUT2D eigenvalue weighted by Gasteiger charge is 2.30. The van der Waals surface area contributed by atoms with E-state index in [4.69, 9.17) is 11.6 Å². The Morgan fingerprint density at radius 1 is 1.29 bits per heavy atom. The first-order chi connectivity index (χ1) is 7.93. The van der Waals surface area contributed by atoms with Crippen molar-refractivity contribution in [3.05, 3.63) is 45.7 Å². The molecule has 17 heavy (non-hydrogen) atoms. The van der Waals surface area contributed by atoms with Crippen LogP contribution in [-0.2, 0) is 12.1 Å². The molecule has 0 radical (unpaired) electrons. The molecule has 0 aliphatic heterocycles. The lowest BCUT2D eigenvalue weighted by molar-refractivity contribution is -0.137. The molecule has 0 amide bonds. The van der Waals surface area contributed by atoms with E-state index in [0.717, 1.165) is 18.2 Å². The number of aromatic nitrogens is 1. The Balaban J connectivity index is 2.70. The summed E-state index contributed by atoms with van der Waals surface area (Å²) < 4.78 is 37.3. The van der Waals surface area contributed by atoms with Gasteiger partial charge < -0.3 is 4.98 Å². The molecule has 0 atom stereocenters. The van der Waals surface area contributed by atoms with Crippen molar-refractivity contribution >= 4 is 22.5 Å². The molecule has 0 saturated heterocycles. The summed E-state index contributed by atoms with van der Waals surface area (Å²) in [6.07, 6.45) is -3.09. The van der Waals surface area contributed by atoms with Gasteiger partial charge in [-0.15, -0.1) is 11.6 Å². The number of aromatic amines is 1. The quantitative estimate of drug-likeness (QED) is 0.785. The summed E-state index contributed by atoms with van der Waals surface area (Å²) in [6, 6.07) is 2.96. The number of rotatable bonds is 1. The molecule has 1 N–H and O–H groups in total. The van der Waals surface area contributed by atoms with Gasteiger partial charge in [0.2, 0.25) is 0 Å². The molecule has 2 nitrogen and oxygen atoms in total. The minimum absolute atomic E-state index is 0.0201. The van der Waals surface area contributed by atoms with Crippen molar-refractivity contribution in [3.63, 3.8) is 0 Å². The highest BCUT2D eigenvalue weighted by molar-refractivity contribution is 6.17. The van der Waals surface area contributed by atoms with Crippen LogP contribution in [-0.4, -0.2) is 4.98 Å². The third-order valence-electron chi connectivity index (χ3n) is 2.43. The second-order valence-electron chi connectivity index (χ2n) is 3.53. The molecule has 1 heterocycles. The molecule has 2 rings (SSSR count). The van der Waals surface area contributed by atoms with Crippen LogP contribution in [0, 0.1) is 0 Å². The SMILES string of the molecule is O=c1c(CCl)c[nH]c2cc(C(F)(F)F)ccc12. The van der Waals surface area contributed by atoms with Gasteiger partial charge in [0.1, 0.15) is 0 Å². The van der Waals surface area contributed by atoms with E-state index in [-0.39, 0.29) is 22.2 Å². The van der Waals surface area contributed by atoms with Crippen molar-refractivity contribution in [1.29, 1.82) is 0 Å². The van der Waals surface area contributed by atoms with Crippen molar-refractivity contribution in [3.8, 4) is 0 Å². The van der Waals surface area contributed by atoms with Crippen LogP contribution in [0.25, 0.3) is 10.9 Å². The van der Waals surface area contributed by atoms with E-state index >= 15 is 0 Å². The van der Waals surface area contributed by atoms with E-state index in [2.05, 4.69) is 4.98 Å². The zero-order chi connectivity index (χ0) is 12.6. The molecule has 0 fully saturated rings. The van der Waals surface area contributed by atoms with Crippen molar-refractivity contribution in [2.75, 3.05) is 0 Å². The van der Waals surface area contributed by atoms with Crippen LogP contribution in [0.5, 0.6) is 0 Å². The lowest BCUT2D eigenvalue weighted by atomic mass is 10.1. The highest BCUT2D eigenvalue weighted by Crippen LogP contribution is 2.30. The van der Waals surface area contributed by atoms with Crippen LogP contribution >= 0.6 is 11.6 Å². The molecule has 1 aromatic heterocycles. The van der Waals surface area contributed by atoms with Gasteiger partial charge in [-0.3, -0.25) is 4.79 Å². The van der Waals surface area contributed by atoms with E-state index in [1.54, 1.807) is 0 Å². The van der Waals surface area contributed by atoms with E-state index in [1.807, 2.05) is 0 Å². The zero-order valence-corrected chi connectivity index (χ0v) is 9.19. The molecule has 0 spiro atoms. The predicted molar refractivity (Wildman–Crippen MR) is 59.1 cm³/mol. The van der Waals surface area contributed by atoms with E-state index in [9.17, 15) is 18.0 Å². The lowest BCUT2D eigenvalue weighted by Gasteiger charge is -2.07. The van der Waals surface area contributed by atoms with E-state index in [0.29, 0.717) is 5.56 Å². The van der Waals surface area contributed by atoms with Gasteiger partial charge in [-0.1, -0.05) is 0 Å². The number of fused-ring (bicyclic) bond motifs is 1. The summed E-state index contributed by atoms with van der Waals surface area (Å²) in [6.45, 7) is 0. The lowest BCUT2D eigenvalue weighted by Crippen LogP contribution is -2.10. The third kappa shape index (κ3) is 2.15. The molecule has 90 valence electrons. The Bertz CT molecular complexity index is 618. The number of halogens is 4. The average molecular weight is 262 g/mol. The van der Waals surface area contributed by atoms with Crippen molar-refractivity contribution < 1.29 is 13.2 Å². The second kappa shape index (κ2) is 4.07. The van der Waals surface area contributed by atoms with Gasteiger partial charge in [-0.25, -0.2) is 0 Å². The van der Waals surface area contributed by atoms with Crippen LogP contribution in [0.1, 0.15) is 11.1 Å². The minimum Gasteiger partial charge on any atom is -0.361 e. The van der Waals surface area contributed by atoms with Crippen molar-refractivity contribution in [2.45, 2.75) is 12.1 Å². The number of nitrogens with one attached hydrogen (secondary N) is 1. The number of pyridine rings is 1. The first-order valence-electron chi connectivity index (χ1n) is 4.71. The summed E-state index contributed by atoms with van der Waals surface area (Å²) in [7, 11) is 0. The summed E-state index contributed by atoms with van der Waals surface area (Å²) in [5, 5.41) is 0.205. The Morgan fingerprint density at radius 2 is 2.00 bits per heavy atom. The number of benzene rings is 1. The number of hydrogen-bond donors (Lipinski definition) is 1. The van der Waals surface area contributed by atoms with Gasteiger partial charge in [0.25, 0.3) is 0 Å². The van der Waals surface area contributed by atoms with E-state index < -0.39 is 11.7 Å². The monoisotopic (exact) mass is 261 g/mol. The summed E-state index contributed by atoms with van der Waals surface area (Å²) in [5.41, 5.74) is -0.653. The fourth-order valence-electron chi connectivity index (χ4n) is 1.54. The van der Waals surface area contributed by atoms with Crippen molar-refractivity contribution in [1.82, 2.24) is 4.98 Å². The maximum atomic E-state index is 12.4. The largest absolute Gasteiger partial charge is 0.416 e. The van der Waals surface area contributed by atoms with Gasteiger partial charge in [0, 0.05) is 22.7 Å². The fraction of sp³-hybridized carbons (Fsp3) is 0.182. The normalized spacial score (nSPS) is 12.0. The van der Waals surface area contributed by atoms with Crippen LogP contribution in [0.4, 0.5) is 13.2 Å². The van der Waals surface area contributed by atoms with Crippen molar-refractivity contribution in [2.24, 2.45) is 0 Å². The van der Waals surface area contributed by atoms with Gasteiger partial charge in [0.15, 0.2) is 5.43 Å². The molecular weight excluding hydrogens is 255 g/mol. The molecule has 0 aliphatic carbocycles. The molecule has 2 aromatic rings. The van der Waals surface area contributed by atoms with Gasteiger partial charge in [0.05, 0.1) is 11.4 Å². The summed E-state index contributed by atoms with van der Waals surface area (Å²) in [4.78, 5) is 14.4. The maximum Gasteiger partial charge on any atom is 0.416 e. The molecule has 6 heteroatoms. The average Bonchev–Trinajstić information content (AvgIpc) is 2.28. The highest BCUT2D eigenvalue weighted by atomic mass is 35.5. The Kier molecular flexibility index (Phi) is 2.87. The van der Waals surface area contributed by atoms with Crippen LogP contribution in [0.2, 0.25) is 0 Å². The Labute approximate surface area is 99.0 Å². The molecule has 0 saturated carbocycles. The topological polar surface area (TPSA) is 32.9 Å². The predicted octanol–water partition coefficient (Wildman–Crippen LogP) is 3.29. The smallest absolute Gasteiger partial charge is 0.361 e. The maximum absolute atomic E-state index is 12.4. The van der Waals surface area contributed by atoms with Crippen LogP contribution in [0.15, 0.2) is 29.2 Å². The molecule has 0 aliphatic rings. The third-order valence-corrected chi connectivity index (χ3v) is 2.72. The second-order valence-corrected chi connectivity index (χ2v) is 3.80. The summed E-state index contributed by atoms with van der Waals surface area (Å²) >= 11 is 5.54. The minimum atomic E-state index is -4.42. The molecular formula is C11H7ClF3NO. The Hall–Kier alpha value is -1.49. The first kappa shape index (κ1) is 12.0. The number of hydrogen-bond acceptors (Lipinski definition) is 1. The van der Waals surface area contributed by atoms with Gasteiger partial charge >= 0.3 is 6.18 Å². The standard InChI is InChI=1S/C11H7ClF3NO/c12-4-6-5-16-9-3-7(11(13,14)15)1-2-8(9)10(6)17/h1-3,5H,4H2,(H,16,17). The van der Waals surface area contributed by atoms with Gasteiger partial charge in [-0.05, 0) is 18.2 Å². The molecule has 1 aromatic carbocycles. The summed E-state index contributed by atoms with van der Waals surface area (Å²) in [5.74, 6) is 0.0201. The Morgan fingerprint density at radius 3 is 2.59 bits per heavy atom. The fourth-order valence-corrected chi connectivity index (χ4v) is 1.74. The molecule has 0 bridgehead atoms. The number of alkyl halides is 4. The zero-order valence-electron chi connectivity index (χ0n) is 8.44. The van der Waals surface area contributed by atoms with E-state index in [1.165, 1.54) is 6.20 Å². The van der Waals surface area contributed by atoms with Gasteiger partial charge in [-0.2, -0.15) is 13.2 Å². The first-order valence-corrected chi connectivity index (χ1v) is 5.24. The van der Waals surface area contributed by atoms with Crippen LogP contribution < -0.4 is 5.43 Å². The molecule has 0 unspecified atom stereocenters.